The lowest BCUT2D eigenvalue weighted by Gasteiger charge is -2.08. The molecule has 2 N–H and O–H groups in total. The van der Waals surface area contributed by atoms with Gasteiger partial charge >= 0.3 is 5.97 Å². The molecule has 7 heteroatoms. The predicted molar refractivity (Wildman–Crippen MR) is 84.5 cm³/mol. The molecule has 2 rings (SSSR count). The second kappa shape index (κ2) is 6.68. The third-order valence-corrected chi connectivity index (χ3v) is 3.75. The first-order chi connectivity index (χ1) is 10.9. The highest BCUT2D eigenvalue weighted by molar-refractivity contribution is 6.01. The summed E-state index contributed by atoms with van der Waals surface area (Å²) in [5, 5.41) is 3.58. The summed E-state index contributed by atoms with van der Waals surface area (Å²) in [6, 6.07) is 1.82. The number of carbonyl (C=O) groups excluding carboxylic acids is 2. The van der Waals surface area contributed by atoms with Gasteiger partial charge in [-0.1, -0.05) is 12.1 Å². The Labute approximate surface area is 134 Å². The largest absolute Gasteiger partial charge is 0.453 e. The van der Waals surface area contributed by atoms with Crippen LogP contribution < -0.4 is 5.73 Å². The lowest BCUT2D eigenvalue weighted by molar-refractivity contribution is 0.0474. The number of nitrogen functional groups attached to an aromatic ring is 1. The van der Waals surface area contributed by atoms with Gasteiger partial charge in [-0.05, 0) is 33.3 Å². The number of hydrogen-bond donors (Lipinski definition) is 1. The minimum absolute atomic E-state index is 0.0641. The van der Waals surface area contributed by atoms with Crippen LogP contribution in [0.5, 0.6) is 0 Å². The molecule has 0 saturated heterocycles. The molecule has 0 aromatic carbocycles. The smallest absolute Gasteiger partial charge is 0.346 e. The van der Waals surface area contributed by atoms with Crippen molar-refractivity contribution in [1.29, 1.82) is 0 Å². The van der Waals surface area contributed by atoms with E-state index in [1.807, 2.05) is 19.9 Å². The number of anilines is 1. The van der Waals surface area contributed by atoms with E-state index in [4.69, 9.17) is 15.0 Å². The van der Waals surface area contributed by atoms with Crippen LogP contribution in [0.1, 0.15) is 51.1 Å². The van der Waals surface area contributed by atoms with Gasteiger partial charge < -0.3 is 19.6 Å². The Bertz CT molecular complexity index is 723. The monoisotopic (exact) mass is 319 g/mol. The molecule has 0 aliphatic rings. The first-order valence-corrected chi connectivity index (χ1v) is 7.45. The van der Waals surface area contributed by atoms with Crippen molar-refractivity contribution in [2.45, 2.75) is 40.7 Å². The van der Waals surface area contributed by atoms with Crippen LogP contribution in [0.15, 0.2) is 10.6 Å². The molecule has 0 saturated carbocycles. The summed E-state index contributed by atoms with van der Waals surface area (Å²) >= 11 is 0. The fourth-order valence-electron chi connectivity index (χ4n) is 2.57. The van der Waals surface area contributed by atoms with Crippen molar-refractivity contribution >= 4 is 17.6 Å². The van der Waals surface area contributed by atoms with Crippen molar-refractivity contribution in [3.05, 3.63) is 34.3 Å². The van der Waals surface area contributed by atoms with Gasteiger partial charge in [0.05, 0.1) is 5.69 Å². The minimum Gasteiger partial charge on any atom is -0.453 e. The molecular weight excluding hydrogens is 298 g/mol. The summed E-state index contributed by atoms with van der Waals surface area (Å²) in [5.41, 5.74) is 8.38. The summed E-state index contributed by atoms with van der Waals surface area (Å²) < 4.78 is 11.8. The van der Waals surface area contributed by atoms with Crippen molar-refractivity contribution in [2.75, 3.05) is 12.3 Å². The first-order valence-electron chi connectivity index (χ1n) is 7.45. The minimum atomic E-state index is -0.711. The molecule has 0 fully saturated rings. The average Bonchev–Trinajstić information content (AvgIpc) is 2.98. The number of Topliss-reactive ketones (excluding diaryl/α,β-unsaturated/α-hetero) is 1. The van der Waals surface area contributed by atoms with Gasteiger partial charge in [0.2, 0.25) is 11.7 Å². The van der Waals surface area contributed by atoms with Crippen LogP contribution in [0.25, 0.3) is 0 Å². The fourth-order valence-corrected chi connectivity index (χ4v) is 2.57. The van der Waals surface area contributed by atoms with Gasteiger partial charge in [-0.15, -0.1) is 0 Å². The molecule has 0 atom stereocenters. The number of carbonyl (C=O) groups is 2. The lowest BCUT2D eigenvalue weighted by Crippen LogP contribution is -2.16. The van der Waals surface area contributed by atoms with Gasteiger partial charge in [0, 0.05) is 23.5 Å². The second-order valence-electron chi connectivity index (χ2n) is 5.44. The molecule has 124 valence electrons. The summed E-state index contributed by atoms with van der Waals surface area (Å²) in [6.45, 7) is 8.00. The summed E-state index contributed by atoms with van der Waals surface area (Å²) in [7, 11) is 0. The molecule has 2 aromatic rings. The van der Waals surface area contributed by atoms with Crippen molar-refractivity contribution in [1.82, 2.24) is 9.72 Å². The van der Waals surface area contributed by atoms with E-state index >= 15 is 0 Å². The van der Waals surface area contributed by atoms with Crippen LogP contribution >= 0.6 is 0 Å². The Morgan fingerprint density at radius 1 is 1.35 bits per heavy atom. The molecule has 0 unspecified atom stereocenters. The zero-order valence-corrected chi connectivity index (χ0v) is 13.8. The van der Waals surface area contributed by atoms with E-state index in [9.17, 15) is 9.59 Å². The topological polar surface area (TPSA) is 100 Å². The fraction of sp³-hybridized carbons (Fsp3) is 0.438. The van der Waals surface area contributed by atoms with Crippen LogP contribution in [0.4, 0.5) is 5.88 Å². The third kappa shape index (κ3) is 3.28. The quantitative estimate of drug-likeness (QED) is 0.648. The zero-order valence-electron chi connectivity index (χ0n) is 13.8. The van der Waals surface area contributed by atoms with Gasteiger partial charge in [-0.25, -0.2) is 4.79 Å². The van der Waals surface area contributed by atoms with E-state index in [1.165, 1.54) is 0 Å². The number of rotatable bonds is 6. The molecular formula is C16H21N3O4. The van der Waals surface area contributed by atoms with Crippen LogP contribution in [-0.2, 0) is 11.3 Å². The Morgan fingerprint density at radius 3 is 2.61 bits per heavy atom. The highest BCUT2D eigenvalue weighted by Gasteiger charge is 2.22. The van der Waals surface area contributed by atoms with E-state index < -0.39 is 5.97 Å². The molecule has 0 spiro atoms. The Morgan fingerprint density at radius 2 is 2.04 bits per heavy atom. The van der Waals surface area contributed by atoms with Gasteiger partial charge in [0.15, 0.2) is 6.61 Å². The van der Waals surface area contributed by atoms with E-state index in [0.29, 0.717) is 11.3 Å². The normalized spacial score (nSPS) is 10.8. The Balaban J connectivity index is 2.09. The Kier molecular flexibility index (Phi) is 4.88. The van der Waals surface area contributed by atoms with E-state index in [0.717, 1.165) is 24.4 Å². The predicted octanol–water partition coefficient (Wildman–Crippen LogP) is 2.43. The van der Waals surface area contributed by atoms with E-state index in [2.05, 4.69) is 16.6 Å². The molecule has 0 bridgehead atoms. The van der Waals surface area contributed by atoms with Crippen LogP contribution in [-0.4, -0.2) is 28.1 Å². The standard InChI is InChI=1S/C16H21N3O4/c1-5-6-19-9(2)7-12(11(19)4)13(20)8-22-16(21)14-10(3)18-23-15(14)17/h7H,5-6,8,17H2,1-4H3. The molecule has 0 aliphatic heterocycles. The Hall–Kier alpha value is -2.57. The molecule has 2 heterocycles. The van der Waals surface area contributed by atoms with Gasteiger partial charge in [0.25, 0.3) is 0 Å². The maximum absolute atomic E-state index is 12.3. The summed E-state index contributed by atoms with van der Waals surface area (Å²) in [5.74, 6) is -1.07. The summed E-state index contributed by atoms with van der Waals surface area (Å²) in [6.07, 6.45) is 0.977. The van der Waals surface area contributed by atoms with Crippen LogP contribution in [0.2, 0.25) is 0 Å². The van der Waals surface area contributed by atoms with E-state index in [-0.39, 0.29) is 23.8 Å². The average molecular weight is 319 g/mol. The number of aryl methyl sites for hydroxylation is 2. The van der Waals surface area contributed by atoms with Crippen molar-refractivity contribution in [3.8, 4) is 0 Å². The number of nitrogens with two attached hydrogens (primary N) is 1. The highest BCUT2D eigenvalue weighted by atomic mass is 16.5. The van der Waals surface area contributed by atoms with Crippen LogP contribution in [0, 0.1) is 20.8 Å². The summed E-state index contributed by atoms with van der Waals surface area (Å²) in [4.78, 5) is 24.3. The molecule has 23 heavy (non-hydrogen) atoms. The molecule has 7 nitrogen and oxygen atoms in total. The van der Waals surface area contributed by atoms with Crippen LogP contribution in [0.3, 0.4) is 0 Å². The van der Waals surface area contributed by atoms with Gasteiger partial charge in [-0.3, -0.25) is 4.79 Å². The molecule has 0 amide bonds. The molecule has 2 aromatic heterocycles. The molecule has 0 radical (unpaired) electrons. The van der Waals surface area contributed by atoms with Gasteiger partial charge in [-0.2, -0.15) is 0 Å². The number of nitrogens with zero attached hydrogens (tertiary/aromatic N) is 2. The van der Waals surface area contributed by atoms with E-state index in [1.54, 1.807) is 6.92 Å². The maximum Gasteiger partial charge on any atom is 0.346 e. The number of ketones is 1. The number of ether oxygens (including phenoxy) is 1. The first kappa shape index (κ1) is 16.8. The second-order valence-corrected chi connectivity index (χ2v) is 5.44. The van der Waals surface area contributed by atoms with Crippen molar-refractivity contribution < 1.29 is 18.8 Å². The SMILES string of the molecule is CCCn1c(C)cc(C(=O)COC(=O)c2c(C)noc2N)c1C. The van der Waals surface area contributed by atoms with Crippen molar-refractivity contribution in [2.24, 2.45) is 0 Å². The maximum atomic E-state index is 12.3. The van der Waals surface area contributed by atoms with Crippen molar-refractivity contribution in [3.63, 3.8) is 0 Å². The number of esters is 1. The van der Waals surface area contributed by atoms with Gasteiger partial charge in [0.1, 0.15) is 5.56 Å². The number of aromatic nitrogens is 2. The number of hydrogen-bond acceptors (Lipinski definition) is 6. The molecule has 0 aliphatic carbocycles. The zero-order chi connectivity index (χ0) is 17.1. The highest BCUT2D eigenvalue weighted by Crippen LogP contribution is 2.19. The lowest BCUT2D eigenvalue weighted by atomic mass is 10.1. The third-order valence-electron chi connectivity index (χ3n) is 3.75.